The predicted octanol–water partition coefficient (Wildman–Crippen LogP) is -0.695. The Bertz CT molecular complexity index is 887. The maximum atomic E-state index is 13.0. The van der Waals surface area contributed by atoms with E-state index in [-0.39, 0.29) is 38.8 Å². The summed E-state index contributed by atoms with van der Waals surface area (Å²) in [5.41, 5.74) is 1.48. The van der Waals surface area contributed by atoms with Crippen LogP contribution in [0.4, 0.5) is 0 Å². The first-order valence-electron chi connectivity index (χ1n) is 10.4. The fourth-order valence-corrected chi connectivity index (χ4v) is 4.33. The first-order chi connectivity index (χ1) is 15.4. The standard InChI is InChI=1S/C22H30N2O8/c1-12(27)24(5-7-30-2)16-10-15(22(29)23-4-6-25)18-14-8-13(11-26)9-17(31-3)20(14)32-21(18)19(16)28/h8-10,16,18-19,21,25-26,28H,4-7,11H2,1-3H3,(H,23,29). The molecule has 1 aliphatic heterocycles. The lowest BCUT2D eigenvalue weighted by Crippen LogP contribution is -2.56. The molecule has 1 aromatic rings. The number of nitrogens with one attached hydrogen (secondary N) is 1. The van der Waals surface area contributed by atoms with Gasteiger partial charge < -0.3 is 39.7 Å². The number of ether oxygens (including phenoxy) is 3. The lowest BCUT2D eigenvalue weighted by molar-refractivity contribution is -0.135. The molecule has 4 atom stereocenters. The van der Waals surface area contributed by atoms with Crippen molar-refractivity contribution in [2.75, 3.05) is 40.5 Å². The summed E-state index contributed by atoms with van der Waals surface area (Å²) in [5, 5.41) is 32.7. The van der Waals surface area contributed by atoms with E-state index >= 15 is 0 Å². The minimum absolute atomic E-state index is 0.0502. The number of amides is 2. The summed E-state index contributed by atoms with van der Waals surface area (Å²) in [7, 11) is 2.98. The van der Waals surface area contributed by atoms with Gasteiger partial charge in [0.1, 0.15) is 12.2 Å². The van der Waals surface area contributed by atoms with E-state index in [1.165, 1.54) is 26.0 Å². The second-order valence-electron chi connectivity index (χ2n) is 7.72. The molecule has 0 spiro atoms. The molecule has 0 aromatic heterocycles. The van der Waals surface area contributed by atoms with Crippen LogP contribution in [0.15, 0.2) is 23.8 Å². The molecule has 2 amide bonds. The summed E-state index contributed by atoms with van der Waals surface area (Å²) in [5.74, 6) is -0.613. The SMILES string of the molecule is COCCN(C(C)=O)C1C=C(C(=O)NCCO)C2c3cc(CO)cc(OC)c3OC2C1O. The fraction of sp³-hybridized carbons (Fsp3) is 0.545. The third-order valence-electron chi connectivity index (χ3n) is 5.80. The molecule has 1 heterocycles. The molecule has 0 bridgehead atoms. The lowest BCUT2D eigenvalue weighted by atomic mass is 9.77. The Morgan fingerprint density at radius 2 is 2.00 bits per heavy atom. The van der Waals surface area contributed by atoms with Crippen molar-refractivity contribution in [3.8, 4) is 11.5 Å². The fourth-order valence-electron chi connectivity index (χ4n) is 4.33. The van der Waals surface area contributed by atoms with Gasteiger partial charge in [0.25, 0.3) is 0 Å². The van der Waals surface area contributed by atoms with E-state index in [1.54, 1.807) is 18.2 Å². The van der Waals surface area contributed by atoms with Gasteiger partial charge in [0.05, 0.1) is 38.9 Å². The smallest absolute Gasteiger partial charge is 0.247 e. The third kappa shape index (κ3) is 4.44. The van der Waals surface area contributed by atoms with Crippen LogP contribution in [0, 0.1) is 0 Å². The zero-order valence-electron chi connectivity index (χ0n) is 18.4. The van der Waals surface area contributed by atoms with Crippen LogP contribution in [0.2, 0.25) is 0 Å². The van der Waals surface area contributed by atoms with Crippen LogP contribution < -0.4 is 14.8 Å². The van der Waals surface area contributed by atoms with Crippen molar-refractivity contribution in [1.82, 2.24) is 10.2 Å². The first-order valence-corrected chi connectivity index (χ1v) is 10.4. The van der Waals surface area contributed by atoms with E-state index in [0.717, 1.165) is 0 Å². The molecule has 1 aliphatic carbocycles. The van der Waals surface area contributed by atoms with E-state index in [1.807, 2.05) is 0 Å². The number of carbonyl (C=O) groups excluding carboxylic acids is 2. The number of benzene rings is 1. The van der Waals surface area contributed by atoms with Gasteiger partial charge in [0.15, 0.2) is 11.5 Å². The number of hydrogen-bond acceptors (Lipinski definition) is 8. The van der Waals surface area contributed by atoms with Gasteiger partial charge in [-0.25, -0.2) is 0 Å². The molecule has 1 aromatic carbocycles. The number of carbonyl (C=O) groups is 2. The Labute approximate surface area is 186 Å². The average Bonchev–Trinajstić information content (AvgIpc) is 3.18. The van der Waals surface area contributed by atoms with Crippen molar-refractivity contribution in [2.24, 2.45) is 0 Å². The Balaban J connectivity index is 2.11. The highest BCUT2D eigenvalue weighted by Gasteiger charge is 2.51. The van der Waals surface area contributed by atoms with Crippen LogP contribution in [0.3, 0.4) is 0 Å². The highest BCUT2D eigenvalue weighted by molar-refractivity contribution is 5.96. The van der Waals surface area contributed by atoms with E-state index in [2.05, 4.69) is 5.32 Å². The number of aliphatic hydroxyl groups is 3. The van der Waals surface area contributed by atoms with E-state index in [4.69, 9.17) is 19.3 Å². The van der Waals surface area contributed by atoms with E-state index in [9.17, 15) is 19.8 Å². The monoisotopic (exact) mass is 450 g/mol. The van der Waals surface area contributed by atoms with Crippen molar-refractivity contribution in [3.05, 3.63) is 34.9 Å². The summed E-state index contributed by atoms with van der Waals surface area (Å²) in [6, 6.07) is 2.53. The number of fused-ring (bicyclic) bond motifs is 3. The van der Waals surface area contributed by atoms with Gasteiger partial charge >= 0.3 is 0 Å². The van der Waals surface area contributed by atoms with Crippen molar-refractivity contribution in [3.63, 3.8) is 0 Å². The normalized spacial score (nSPS) is 23.5. The van der Waals surface area contributed by atoms with E-state index < -0.39 is 30.1 Å². The largest absolute Gasteiger partial charge is 0.493 e. The number of methoxy groups -OCH3 is 2. The zero-order valence-corrected chi connectivity index (χ0v) is 18.4. The van der Waals surface area contributed by atoms with Gasteiger partial charge in [-0.2, -0.15) is 0 Å². The molecule has 4 unspecified atom stereocenters. The van der Waals surface area contributed by atoms with Gasteiger partial charge in [-0.05, 0) is 23.8 Å². The van der Waals surface area contributed by atoms with Gasteiger partial charge in [-0.3, -0.25) is 9.59 Å². The molecular formula is C22H30N2O8. The molecule has 0 saturated heterocycles. The molecule has 10 heteroatoms. The Kier molecular flexibility index (Phi) is 7.73. The van der Waals surface area contributed by atoms with Crippen molar-refractivity contribution >= 4 is 11.8 Å². The number of nitrogens with zero attached hydrogens (tertiary/aromatic N) is 1. The minimum atomic E-state index is -1.13. The Hall–Kier alpha value is -2.66. The average molecular weight is 450 g/mol. The summed E-state index contributed by atoms with van der Waals surface area (Å²) in [6.07, 6.45) is -0.418. The van der Waals surface area contributed by atoms with Crippen LogP contribution in [0.1, 0.15) is 24.0 Å². The maximum absolute atomic E-state index is 13.0. The van der Waals surface area contributed by atoms with Crippen molar-refractivity contribution < 1.29 is 39.1 Å². The summed E-state index contributed by atoms with van der Waals surface area (Å²) >= 11 is 0. The summed E-state index contributed by atoms with van der Waals surface area (Å²) < 4.78 is 16.6. The predicted molar refractivity (Wildman–Crippen MR) is 113 cm³/mol. The molecule has 0 fully saturated rings. The second-order valence-corrected chi connectivity index (χ2v) is 7.72. The van der Waals surface area contributed by atoms with Crippen LogP contribution in [-0.2, 0) is 20.9 Å². The molecule has 4 N–H and O–H groups in total. The highest BCUT2D eigenvalue weighted by atomic mass is 16.5. The maximum Gasteiger partial charge on any atom is 0.247 e. The molecule has 32 heavy (non-hydrogen) atoms. The highest BCUT2D eigenvalue weighted by Crippen LogP contribution is 2.51. The molecule has 176 valence electrons. The molecular weight excluding hydrogens is 420 g/mol. The van der Waals surface area contributed by atoms with Crippen molar-refractivity contribution in [2.45, 2.75) is 37.7 Å². The third-order valence-corrected chi connectivity index (χ3v) is 5.80. The van der Waals surface area contributed by atoms with Crippen LogP contribution in [-0.4, -0.2) is 90.8 Å². The van der Waals surface area contributed by atoms with Crippen LogP contribution in [0.5, 0.6) is 11.5 Å². The van der Waals surface area contributed by atoms with Crippen LogP contribution in [0.25, 0.3) is 0 Å². The van der Waals surface area contributed by atoms with Gasteiger partial charge in [-0.15, -0.1) is 0 Å². The second kappa shape index (κ2) is 10.3. The number of hydrogen-bond donors (Lipinski definition) is 4. The Morgan fingerprint density at radius 1 is 1.25 bits per heavy atom. The first kappa shape index (κ1) is 24.0. The summed E-state index contributed by atoms with van der Waals surface area (Å²) in [6.45, 7) is 1.44. The quantitative estimate of drug-likeness (QED) is 0.388. The van der Waals surface area contributed by atoms with Gasteiger partial charge in [0, 0.05) is 38.3 Å². The minimum Gasteiger partial charge on any atom is -0.493 e. The lowest BCUT2D eigenvalue weighted by Gasteiger charge is -2.40. The van der Waals surface area contributed by atoms with E-state index in [0.29, 0.717) is 28.2 Å². The molecule has 0 saturated carbocycles. The number of rotatable bonds is 9. The van der Waals surface area contributed by atoms with Crippen LogP contribution >= 0.6 is 0 Å². The summed E-state index contributed by atoms with van der Waals surface area (Å²) in [4.78, 5) is 26.8. The molecule has 2 aliphatic rings. The van der Waals surface area contributed by atoms with Gasteiger partial charge in [0.2, 0.25) is 11.8 Å². The number of aliphatic hydroxyl groups excluding tert-OH is 3. The Morgan fingerprint density at radius 3 is 2.59 bits per heavy atom. The zero-order chi connectivity index (χ0) is 23.4. The van der Waals surface area contributed by atoms with Gasteiger partial charge in [-0.1, -0.05) is 0 Å². The van der Waals surface area contributed by atoms with Crippen molar-refractivity contribution in [1.29, 1.82) is 0 Å². The molecule has 0 radical (unpaired) electrons. The molecule has 3 rings (SSSR count). The topological polar surface area (TPSA) is 138 Å². The molecule has 10 nitrogen and oxygen atoms in total.